The predicted octanol–water partition coefficient (Wildman–Crippen LogP) is 2.33. The van der Waals surface area contributed by atoms with Gasteiger partial charge in [-0.25, -0.2) is 0 Å². The first-order valence-electron chi connectivity index (χ1n) is 10.5. The molecule has 4 amide bonds. The second-order valence-electron chi connectivity index (χ2n) is 7.68. The van der Waals surface area contributed by atoms with Crippen LogP contribution in [0.4, 0.5) is 0 Å². The number of hydrogen-bond donors (Lipinski definition) is 0. The molecule has 9 nitrogen and oxygen atoms in total. The predicted molar refractivity (Wildman–Crippen MR) is 125 cm³/mol. The van der Waals surface area contributed by atoms with Crippen molar-refractivity contribution >= 4 is 46.2 Å². The van der Waals surface area contributed by atoms with Crippen LogP contribution in [-0.4, -0.2) is 50.1 Å². The fourth-order valence-corrected chi connectivity index (χ4v) is 3.64. The molecule has 2 aliphatic heterocycles. The number of carbonyl (C=O) groups is 4. The Morgan fingerprint density at radius 1 is 0.588 bits per heavy atom. The minimum atomic E-state index is -0.449. The monoisotopic (exact) mass is 451 g/mol. The van der Waals surface area contributed by atoms with Crippen LogP contribution >= 0.6 is 0 Å². The molecule has 0 radical (unpaired) electrons. The summed E-state index contributed by atoms with van der Waals surface area (Å²) in [6, 6.07) is 2.01. The third-order valence-electron chi connectivity index (χ3n) is 5.41. The normalized spacial score (nSPS) is 22.0. The Hall–Kier alpha value is -4.79. The number of rotatable bonds is 4. The molecule has 0 atom stereocenters. The molecule has 0 saturated heterocycles. The zero-order valence-corrected chi connectivity index (χ0v) is 17.8. The second-order valence-corrected chi connectivity index (χ2v) is 7.68. The van der Waals surface area contributed by atoms with Gasteiger partial charge in [0.15, 0.2) is 0 Å². The zero-order chi connectivity index (χ0) is 23.7. The molecule has 0 bridgehead atoms. The Kier molecular flexibility index (Phi) is 5.35. The lowest BCUT2D eigenvalue weighted by molar-refractivity contribution is -0.138. The van der Waals surface area contributed by atoms with Crippen LogP contribution in [0.3, 0.4) is 0 Å². The molecular weight excluding hydrogens is 434 g/mol. The SMILES string of the molecule is O=C1C=CC(=O)N1N=C1C=CC(c2cncc(C3=CCC(=NN4C(=O)C=CC4=O)C=C3)c2)=CC1. The van der Waals surface area contributed by atoms with Crippen molar-refractivity contribution in [2.24, 2.45) is 10.2 Å². The number of nitrogens with zero attached hydrogens (tertiary/aromatic N) is 5. The molecule has 3 heterocycles. The van der Waals surface area contributed by atoms with Gasteiger partial charge in [0.05, 0.1) is 11.4 Å². The van der Waals surface area contributed by atoms with E-state index in [1.807, 2.05) is 30.4 Å². The third kappa shape index (κ3) is 4.14. The topological polar surface area (TPSA) is 112 Å². The molecular formula is C25H17N5O4. The van der Waals surface area contributed by atoms with Gasteiger partial charge in [0.25, 0.3) is 23.6 Å². The lowest BCUT2D eigenvalue weighted by Gasteiger charge is -2.14. The molecule has 166 valence electrons. The van der Waals surface area contributed by atoms with Crippen LogP contribution in [0, 0.1) is 0 Å². The molecule has 2 aliphatic carbocycles. The van der Waals surface area contributed by atoms with Gasteiger partial charge < -0.3 is 0 Å². The van der Waals surface area contributed by atoms with Gasteiger partial charge in [0.2, 0.25) is 0 Å². The Labute approximate surface area is 194 Å². The van der Waals surface area contributed by atoms with Crippen LogP contribution in [0.25, 0.3) is 11.1 Å². The molecule has 4 aliphatic rings. The van der Waals surface area contributed by atoms with Crippen molar-refractivity contribution in [1.29, 1.82) is 0 Å². The highest BCUT2D eigenvalue weighted by molar-refractivity contribution is 6.15. The van der Waals surface area contributed by atoms with Crippen molar-refractivity contribution in [2.45, 2.75) is 12.8 Å². The van der Waals surface area contributed by atoms with E-state index in [2.05, 4.69) is 15.2 Å². The second kappa shape index (κ2) is 8.62. The summed E-state index contributed by atoms with van der Waals surface area (Å²) in [4.78, 5) is 51.1. The molecule has 1 aromatic heterocycles. The van der Waals surface area contributed by atoms with Gasteiger partial charge in [-0.15, -0.1) is 0 Å². The number of pyridine rings is 1. The number of imide groups is 2. The standard InChI is InChI=1S/C25H17N5O4/c31-22-9-10-23(32)29(22)27-20-5-1-16(2-6-20)18-13-19(15-26-14-18)17-3-7-21(8-4-17)28-30-24(33)11-12-25(30)34/h1-5,7,9-15H,6,8H2. The minimum absolute atomic E-state index is 0.449. The highest BCUT2D eigenvalue weighted by atomic mass is 16.2. The number of hydrogen-bond acceptors (Lipinski definition) is 7. The van der Waals surface area contributed by atoms with Gasteiger partial charge in [-0.3, -0.25) is 24.2 Å². The van der Waals surface area contributed by atoms with Crippen LogP contribution in [-0.2, 0) is 19.2 Å². The highest BCUT2D eigenvalue weighted by Gasteiger charge is 2.24. The van der Waals surface area contributed by atoms with Gasteiger partial charge in [-0.2, -0.15) is 20.2 Å². The van der Waals surface area contributed by atoms with Gasteiger partial charge in [-0.05, 0) is 29.4 Å². The zero-order valence-electron chi connectivity index (χ0n) is 17.8. The molecule has 1 aromatic rings. The average molecular weight is 451 g/mol. The van der Waals surface area contributed by atoms with E-state index in [0.717, 1.165) is 32.3 Å². The molecule has 5 rings (SSSR count). The van der Waals surface area contributed by atoms with Crippen LogP contribution in [0.15, 0.2) is 89.4 Å². The van der Waals surface area contributed by atoms with Crippen molar-refractivity contribution in [3.8, 4) is 0 Å². The summed E-state index contributed by atoms with van der Waals surface area (Å²) in [5, 5.41) is 9.97. The summed E-state index contributed by atoms with van der Waals surface area (Å²) >= 11 is 0. The lowest BCUT2D eigenvalue weighted by atomic mass is 9.95. The number of aromatic nitrogens is 1. The van der Waals surface area contributed by atoms with E-state index in [1.54, 1.807) is 24.5 Å². The highest BCUT2D eigenvalue weighted by Crippen LogP contribution is 2.26. The number of allylic oxidation sites excluding steroid dienone is 8. The molecule has 0 fully saturated rings. The molecule has 9 heteroatoms. The van der Waals surface area contributed by atoms with E-state index in [4.69, 9.17) is 0 Å². The first-order chi connectivity index (χ1) is 16.5. The summed E-state index contributed by atoms with van der Waals surface area (Å²) in [6.45, 7) is 0. The fourth-order valence-electron chi connectivity index (χ4n) is 3.64. The summed E-state index contributed by atoms with van der Waals surface area (Å²) in [5.41, 5.74) is 4.94. The summed E-state index contributed by atoms with van der Waals surface area (Å²) in [5.74, 6) is -1.80. The van der Waals surface area contributed by atoms with Gasteiger partial charge >= 0.3 is 0 Å². The Bertz CT molecular complexity index is 1250. The van der Waals surface area contributed by atoms with E-state index in [0.29, 0.717) is 24.3 Å². The van der Waals surface area contributed by atoms with E-state index in [9.17, 15) is 19.2 Å². The maximum Gasteiger partial charge on any atom is 0.274 e. The lowest BCUT2D eigenvalue weighted by Crippen LogP contribution is -2.25. The first kappa shape index (κ1) is 21.1. The van der Waals surface area contributed by atoms with Crippen molar-refractivity contribution in [3.05, 3.63) is 90.3 Å². The van der Waals surface area contributed by atoms with E-state index >= 15 is 0 Å². The van der Waals surface area contributed by atoms with Gasteiger partial charge in [0, 0.05) is 60.7 Å². The smallest absolute Gasteiger partial charge is 0.267 e. The van der Waals surface area contributed by atoms with Crippen LogP contribution in [0.2, 0.25) is 0 Å². The molecule has 34 heavy (non-hydrogen) atoms. The summed E-state index contributed by atoms with van der Waals surface area (Å²) in [7, 11) is 0. The van der Waals surface area contributed by atoms with E-state index < -0.39 is 23.6 Å². The van der Waals surface area contributed by atoms with Crippen molar-refractivity contribution in [3.63, 3.8) is 0 Å². The summed E-state index contributed by atoms with van der Waals surface area (Å²) < 4.78 is 0. The van der Waals surface area contributed by atoms with E-state index in [-0.39, 0.29) is 0 Å². The molecule has 0 aromatic carbocycles. The Morgan fingerprint density at radius 2 is 1.00 bits per heavy atom. The quantitative estimate of drug-likeness (QED) is 0.652. The van der Waals surface area contributed by atoms with Gasteiger partial charge in [0.1, 0.15) is 0 Å². The number of amides is 4. The first-order valence-corrected chi connectivity index (χ1v) is 10.5. The Morgan fingerprint density at radius 3 is 1.35 bits per heavy atom. The van der Waals surface area contributed by atoms with Crippen molar-refractivity contribution < 1.29 is 19.2 Å². The molecule has 0 saturated carbocycles. The van der Waals surface area contributed by atoms with Crippen LogP contribution in [0.5, 0.6) is 0 Å². The average Bonchev–Trinajstić information content (AvgIpc) is 3.35. The fraction of sp³-hybridized carbons (Fsp3) is 0.0800. The van der Waals surface area contributed by atoms with Crippen LogP contribution in [0.1, 0.15) is 24.0 Å². The molecule has 0 spiro atoms. The number of hydrazone groups is 2. The van der Waals surface area contributed by atoms with Crippen molar-refractivity contribution in [2.75, 3.05) is 0 Å². The molecule has 0 N–H and O–H groups in total. The van der Waals surface area contributed by atoms with Crippen LogP contribution < -0.4 is 0 Å². The molecule has 0 unspecified atom stereocenters. The minimum Gasteiger partial charge on any atom is -0.267 e. The maximum absolute atomic E-state index is 11.7. The maximum atomic E-state index is 11.7. The largest absolute Gasteiger partial charge is 0.274 e. The van der Waals surface area contributed by atoms with Gasteiger partial charge in [-0.1, -0.05) is 24.3 Å². The summed E-state index contributed by atoms with van der Waals surface area (Å²) in [6.07, 6.45) is 20.5. The Balaban J connectivity index is 1.28. The van der Waals surface area contributed by atoms with E-state index in [1.165, 1.54) is 24.3 Å². The number of carbonyl (C=O) groups excluding carboxylic acids is 4. The van der Waals surface area contributed by atoms with Crippen molar-refractivity contribution in [1.82, 2.24) is 15.0 Å². The third-order valence-corrected chi connectivity index (χ3v) is 5.41.